The van der Waals surface area contributed by atoms with E-state index in [4.69, 9.17) is 5.73 Å². The monoisotopic (exact) mass is 261 g/mol. The Morgan fingerprint density at radius 2 is 2.16 bits per heavy atom. The molecule has 1 unspecified atom stereocenters. The third-order valence-corrected chi connectivity index (χ3v) is 3.35. The number of amides is 2. The third-order valence-electron chi connectivity index (χ3n) is 3.35. The Kier molecular flexibility index (Phi) is 4.52. The van der Waals surface area contributed by atoms with Gasteiger partial charge in [-0.25, -0.2) is 0 Å². The number of para-hydroxylation sites is 1. The van der Waals surface area contributed by atoms with Crippen molar-refractivity contribution in [2.75, 3.05) is 11.9 Å². The summed E-state index contributed by atoms with van der Waals surface area (Å²) in [5.41, 5.74) is 6.09. The molecule has 1 aliphatic rings. The summed E-state index contributed by atoms with van der Waals surface area (Å²) in [4.78, 5) is 23.1. The number of hydrogen-bond donors (Lipinski definition) is 3. The Labute approximate surface area is 112 Å². The molecule has 4 N–H and O–H groups in total. The van der Waals surface area contributed by atoms with Gasteiger partial charge in [-0.3, -0.25) is 9.59 Å². The fraction of sp³-hybridized carbons (Fsp3) is 0.429. The van der Waals surface area contributed by atoms with Gasteiger partial charge in [-0.05, 0) is 37.9 Å². The predicted molar refractivity (Wildman–Crippen MR) is 73.8 cm³/mol. The molecular weight excluding hydrogens is 242 g/mol. The van der Waals surface area contributed by atoms with Gasteiger partial charge in [0.25, 0.3) is 5.91 Å². The molecule has 2 rings (SSSR count). The molecule has 5 nitrogen and oxygen atoms in total. The molecule has 1 atom stereocenters. The van der Waals surface area contributed by atoms with Crippen LogP contribution in [0.25, 0.3) is 0 Å². The zero-order chi connectivity index (χ0) is 13.7. The van der Waals surface area contributed by atoms with Crippen molar-refractivity contribution in [3.8, 4) is 0 Å². The highest BCUT2D eigenvalue weighted by atomic mass is 16.2. The summed E-state index contributed by atoms with van der Waals surface area (Å²) in [7, 11) is 0. The molecule has 0 saturated carbocycles. The first-order valence-corrected chi connectivity index (χ1v) is 6.59. The topological polar surface area (TPSA) is 84.2 Å². The van der Waals surface area contributed by atoms with Gasteiger partial charge >= 0.3 is 0 Å². The van der Waals surface area contributed by atoms with Crippen molar-refractivity contribution in [1.82, 2.24) is 5.32 Å². The van der Waals surface area contributed by atoms with Crippen LogP contribution in [0.5, 0.6) is 0 Å². The zero-order valence-corrected chi connectivity index (χ0v) is 10.8. The van der Waals surface area contributed by atoms with E-state index in [2.05, 4.69) is 10.6 Å². The van der Waals surface area contributed by atoms with Crippen LogP contribution in [0.4, 0.5) is 5.69 Å². The van der Waals surface area contributed by atoms with Gasteiger partial charge < -0.3 is 16.4 Å². The summed E-state index contributed by atoms with van der Waals surface area (Å²) >= 11 is 0. The Hall–Kier alpha value is -1.88. The van der Waals surface area contributed by atoms with Crippen LogP contribution >= 0.6 is 0 Å². The van der Waals surface area contributed by atoms with E-state index < -0.39 is 5.91 Å². The van der Waals surface area contributed by atoms with Crippen molar-refractivity contribution in [1.29, 1.82) is 0 Å². The SMILES string of the molecule is NC(=O)c1ccccc1NC(=O)CCC1CCCN1. The van der Waals surface area contributed by atoms with Crippen LogP contribution in [0, 0.1) is 0 Å². The largest absolute Gasteiger partial charge is 0.366 e. The summed E-state index contributed by atoms with van der Waals surface area (Å²) in [5.74, 6) is -0.615. The molecule has 102 valence electrons. The molecule has 19 heavy (non-hydrogen) atoms. The first kappa shape index (κ1) is 13.5. The predicted octanol–water partition coefficient (Wildman–Crippen LogP) is 1.26. The number of carbonyl (C=O) groups is 2. The van der Waals surface area contributed by atoms with Gasteiger partial charge in [-0.15, -0.1) is 0 Å². The molecule has 0 spiro atoms. The standard InChI is InChI=1S/C14H19N3O2/c15-14(19)11-5-1-2-6-12(11)17-13(18)8-7-10-4-3-9-16-10/h1-2,5-6,10,16H,3-4,7-9H2,(H2,15,19)(H,17,18). The summed E-state index contributed by atoms with van der Waals surface area (Å²) in [6.45, 7) is 1.04. The molecule has 0 aromatic heterocycles. The highest BCUT2D eigenvalue weighted by molar-refractivity contribution is 6.02. The fourth-order valence-electron chi connectivity index (χ4n) is 2.33. The maximum atomic E-state index is 11.9. The number of benzene rings is 1. The smallest absolute Gasteiger partial charge is 0.250 e. The van der Waals surface area contributed by atoms with Crippen molar-refractivity contribution in [3.05, 3.63) is 29.8 Å². The minimum absolute atomic E-state index is 0.0811. The van der Waals surface area contributed by atoms with E-state index in [0.717, 1.165) is 19.4 Å². The summed E-state index contributed by atoms with van der Waals surface area (Å²) < 4.78 is 0. The van der Waals surface area contributed by atoms with Crippen molar-refractivity contribution >= 4 is 17.5 Å². The molecule has 5 heteroatoms. The highest BCUT2D eigenvalue weighted by Crippen LogP contribution is 2.16. The second-order valence-corrected chi connectivity index (χ2v) is 4.79. The van der Waals surface area contributed by atoms with Crippen LogP contribution in [0.2, 0.25) is 0 Å². The maximum Gasteiger partial charge on any atom is 0.250 e. The van der Waals surface area contributed by atoms with E-state index >= 15 is 0 Å². The number of hydrogen-bond acceptors (Lipinski definition) is 3. The number of nitrogens with one attached hydrogen (secondary N) is 2. The molecule has 1 saturated heterocycles. The van der Waals surface area contributed by atoms with Crippen LogP contribution < -0.4 is 16.4 Å². The second-order valence-electron chi connectivity index (χ2n) is 4.79. The Morgan fingerprint density at radius 3 is 2.84 bits per heavy atom. The van der Waals surface area contributed by atoms with Crippen LogP contribution in [-0.4, -0.2) is 24.4 Å². The molecule has 2 amide bonds. The molecule has 1 aliphatic heterocycles. The van der Waals surface area contributed by atoms with E-state index in [1.807, 2.05) is 0 Å². The zero-order valence-electron chi connectivity index (χ0n) is 10.8. The van der Waals surface area contributed by atoms with Gasteiger partial charge in [0.15, 0.2) is 0 Å². The lowest BCUT2D eigenvalue weighted by Crippen LogP contribution is -2.24. The average molecular weight is 261 g/mol. The van der Waals surface area contributed by atoms with Gasteiger partial charge in [0.05, 0.1) is 11.3 Å². The van der Waals surface area contributed by atoms with E-state index in [-0.39, 0.29) is 5.91 Å². The van der Waals surface area contributed by atoms with Crippen molar-refractivity contribution < 1.29 is 9.59 Å². The number of nitrogens with two attached hydrogens (primary N) is 1. The van der Waals surface area contributed by atoms with E-state index in [0.29, 0.717) is 23.7 Å². The molecular formula is C14H19N3O2. The second kappa shape index (κ2) is 6.33. The lowest BCUT2D eigenvalue weighted by molar-refractivity contribution is -0.116. The van der Waals surface area contributed by atoms with Crippen LogP contribution in [0.3, 0.4) is 0 Å². The molecule has 0 aliphatic carbocycles. The fourth-order valence-corrected chi connectivity index (χ4v) is 2.33. The van der Waals surface area contributed by atoms with Crippen molar-refractivity contribution in [2.45, 2.75) is 31.7 Å². The number of anilines is 1. The highest BCUT2D eigenvalue weighted by Gasteiger charge is 2.16. The van der Waals surface area contributed by atoms with Gasteiger partial charge in [0, 0.05) is 12.5 Å². The first-order chi connectivity index (χ1) is 9.16. The van der Waals surface area contributed by atoms with Gasteiger partial charge in [0.2, 0.25) is 5.91 Å². The Balaban J connectivity index is 1.89. The molecule has 0 bridgehead atoms. The van der Waals surface area contributed by atoms with Crippen LogP contribution in [0.15, 0.2) is 24.3 Å². The lowest BCUT2D eigenvalue weighted by atomic mass is 10.1. The number of primary amides is 1. The van der Waals surface area contributed by atoms with E-state index in [1.54, 1.807) is 24.3 Å². The molecule has 1 fully saturated rings. The van der Waals surface area contributed by atoms with Gasteiger partial charge in [0.1, 0.15) is 0 Å². The lowest BCUT2D eigenvalue weighted by Gasteiger charge is -2.11. The van der Waals surface area contributed by atoms with Crippen molar-refractivity contribution in [2.24, 2.45) is 5.73 Å². The Morgan fingerprint density at radius 1 is 1.37 bits per heavy atom. The van der Waals surface area contributed by atoms with Gasteiger partial charge in [-0.2, -0.15) is 0 Å². The summed E-state index contributed by atoms with van der Waals surface area (Å²) in [6.07, 6.45) is 3.58. The minimum Gasteiger partial charge on any atom is -0.366 e. The van der Waals surface area contributed by atoms with E-state index in [1.165, 1.54) is 6.42 Å². The molecule has 1 heterocycles. The average Bonchev–Trinajstić information content (AvgIpc) is 2.90. The number of carbonyl (C=O) groups excluding carboxylic acids is 2. The minimum atomic E-state index is -0.534. The molecule has 0 radical (unpaired) electrons. The number of rotatable bonds is 5. The van der Waals surface area contributed by atoms with Crippen molar-refractivity contribution in [3.63, 3.8) is 0 Å². The summed E-state index contributed by atoms with van der Waals surface area (Å²) in [6, 6.07) is 7.22. The maximum absolute atomic E-state index is 11.9. The van der Waals surface area contributed by atoms with Crippen LogP contribution in [0.1, 0.15) is 36.0 Å². The first-order valence-electron chi connectivity index (χ1n) is 6.59. The van der Waals surface area contributed by atoms with E-state index in [9.17, 15) is 9.59 Å². The molecule has 1 aromatic carbocycles. The third kappa shape index (κ3) is 3.79. The normalized spacial score (nSPS) is 18.2. The van der Waals surface area contributed by atoms with Crippen LogP contribution in [-0.2, 0) is 4.79 Å². The molecule has 1 aromatic rings. The van der Waals surface area contributed by atoms with Gasteiger partial charge in [-0.1, -0.05) is 12.1 Å². The quantitative estimate of drug-likeness (QED) is 0.746. The summed E-state index contributed by atoms with van der Waals surface area (Å²) in [5, 5.41) is 6.10. The Bertz CT molecular complexity index is 468.